The standard InChI is InChI=1S/C13H13ClN6O2S/c14-10-1-3-11(4-2-10)23(21,22)17-7-8-20-9-12(18-19-20)13-15-5-6-16-13/h1-6,9,17H,7-8H2,(H,15,16). The molecule has 0 atom stereocenters. The van der Waals surface area contributed by atoms with Gasteiger partial charge in [0.05, 0.1) is 17.6 Å². The van der Waals surface area contributed by atoms with Gasteiger partial charge in [-0.05, 0) is 24.3 Å². The van der Waals surface area contributed by atoms with Crippen LogP contribution in [0, 0.1) is 0 Å². The molecule has 120 valence electrons. The van der Waals surface area contributed by atoms with Gasteiger partial charge in [0.25, 0.3) is 0 Å². The van der Waals surface area contributed by atoms with Crippen molar-refractivity contribution < 1.29 is 8.42 Å². The smallest absolute Gasteiger partial charge is 0.240 e. The minimum atomic E-state index is -3.57. The largest absolute Gasteiger partial charge is 0.343 e. The van der Waals surface area contributed by atoms with Crippen LogP contribution in [-0.2, 0) is 16.6 Å². The highest BCUT2D eigenvalue weighted by molar-refractivity contribution is 7.89. The molecular formula is C13H13ClN6O2S. The lowest BCUT2D eigenvalue weighted by molar-refractivity contribution is 0.553. The topological polar surface area (TPSA) is 106 Å². The first-order valence-electron chi connectivity index (χ1n) is 6.70. The molecule has 0 aliphatic carbocycles. The van der Waals surface area contributed by atoms with Crippen molar-refractivity contribution in [3.05, 3.63) is 47.9 Å². The molecule has 23 heavy (non-hydrogen) atoms. The van der Waals surface area contributed by atoms with E-state index in [1.54, 1.807) is 23.3 Å². The number of sulfonamides is 1. The molecule has 0 amide bonds. The number of halogens is 1. The highest BCUT2D eigenvalue weighted by atomic mass is 35.5. The number of nitrogens with one attached hydrogen (secondary N) is 2. The number of benzene rings is 1. The molecule has 2 aromatic heterocycles. The van der Waals surface area contributed by atoms with Gasteiger partial charge in [0.1, 0.15) is 5.69 Å². The maximum atomic E-state index is 12.1. The third kappa shape index (κ3) is 3.76. The molecule has 3 rings (SSSR count). The molecule has 0 unspecified atom stereocenters. The zero-order valence-electron chi connectivity index (χ0n) is 11.8. The Hall–Kier alpha value is -2.23. The molecule has 0 aliphatic heterocycles. The van der Waals surface area contributed by atoms with Crippen molar-refractivity contribution >= 4 is 21.6 Å². The van der Waals surface area contributed by atoms with E-state index >= 15 is 0 Å². The Kier molecular flexibility index (Phi) is 4.42. The molecule has 1 aromatic carbocycles. The van der Waals surface area contributed by atoms with E-state index in [0.717, 1.165) is 0 Å². The number of hydrogen-bond acceptors (Lipinski definition) is 5. The summed E-state index contributed by atoms with van der Waals surface area (Å²) in [5.74, 6) is 0.609. The van der Waals surface area contributed by atoms with E-state index in [1.165, 1.54) is 24.3 Å². The summed E-state index contributed by atoms with van der Waals surface area (Å²) in [5, 5.41) is 8.38. The van der Waals surface area contributed by atoms with Crippen LogP contribution in [0.5, 0.6) is 0 Å². The van der Waals surface area contributed by atoms with Gasteiger partial charge >= 0.3 is 0 Å². The lowest BCUT2D eigenvalue weighted by Crippen LogP contribution is -2.27. The Morgan fingerprint density at radius 2 is 2.04 bits per heavy atom. The van der Waals surface area contributed by atoms with Crippen molar-refractivity contribution in [1.82, 2.24) is 29.7 Å². The zero-order chi connectivity index (χ0) is 16.3. The lowest BCUT2D eigenvalue weighted by Gasteiger charge is -2.06. The van der Waals surface area contributed by atoms with E-state index in [9.17, 15) is 8.42 Å². The summed E-state index contributed by atoms with van der Waals surface area (Å²) in [6.07, 6.45) is 5.00. The molecule has 10 heteroatoms. The predicted octanol–water partition coefficient (Wildman–Crippen LogP) is 1.30. The van der Waals surface area contributed by atoms with Crippen LogP contribution in [0.3, 0.4) is 0 Å². The third-order valence-corrected chi connectivity index (χ3v) is 4.77. The van der Waals surface area contributed by atoms with Gasteiger partial charge in [-0.15, -0.1) is 5.10 Å². The van der Waals surface area contributed by atoms with Crippen LogP contribution in [0.25, 0.3) is 11.5 Å². The van der Waals surface area contributed by atoms with Gasteiger partial charge in [0, 0.05) is 24.0 Å². The Labute approximate surface area is 137 Å². The summed E-state index contributed by atoms with van der Waals surface area (Å²) in [6, 6.07) is 5.97. The number of rotatable bonds is 6. The van der Waals surface area contributed by atoms with E-state index in [2.05, 4.69) is 25.0 Å². The summed E-state index contributed by atoms with van der Waals surface area (Å²) >= 11 is 5.75. The Bertz CT molecular complexity index is 874. The highest BCUT2D eigenvalue weighted by Gasteiger charge is 2.13. The van der Waals surface area contributed by atoms with Crippen LogP contribution in [0.15, 0.2) is 47.8 Å². The van der Waals surface area contributed by atoms with Crippen molar-refractivity contribution in [2.24, 2.45) is 0 Å². The average Bonchev–Trinajstić information content (AvgIpc) is 3.18. The number of aromatic nitrogens is 5. The highest BCUT2D eigenvalue weighted by Crippen LogP contribution is 2.13. The van der Waals surface area contributed by atoms with Gasteiger partial charge in [0.15, 0.2) is 5.82 Å². The van der Waals surface area contributed by atoms with E-state index in [4.69, 9.17) is 11.6 Å². The average molecular weight is 353 g/mol. The van der Waals surface area contributed by atoms with Crippen molar-refractivity contribution in [3.63, 3.8) is 0 Å². The number of hydrogen-bond donors (Lipinski definition) is 2. The van der Waals surface area contributed by atoms with Gasteiger partial charge in [-0.2, -0.15) is 0 Å². The van der Waals surface area contributed by atoms with E-state index < -0.39 is 10.0 Å². The molecule has 2 heterocycles. The second-order valence-electron chi connectivity index (χ2n) is 4.66. The predicted molar refractivity (Wildman–Crippen MR) is 84.2 cm³/mol. The fourth-order valence-corrected chi connectivity index (χ4v) is 3.06. The molecule has 0 aliphatic rings. The van der Waals surface area contributed by atoms with Crippen molar-refractivity contribution in [3.8, 4) is 11.5 Å². The fraction of sp³-hybridized carbons (Fsp3) is 0.154. The van der Waals surface area contributed by atoms with E-state index in [-0.39, 0.29) is 11.4 Å². The number of nitrogens with zero attached hydrogens (tertiary/aromatic N) is 4. The molecule has 0 saturated carbocycles. The summed E-state index contributed by atoms with van der Waals surface area (Å²) in [5.41, 5.74) is 0.593. The van der Waals surface area contributed by atoms with Crippen LogP contribution in [-0.4, -0.2) is 39.9 Å². The quantitative estimate of drug-likeness (QED) is 0.695. The summed E-state index contributed by atoms with van der Waals surface area (Å²) < 4.78 is 28.3. The summed E-state index contributed by atoms with van der Waals surface area (Å²) in [4.78, 5) is 7.16. The molecule has 8 nitrogen and oxygen atoms in total. The second kappa shape index (κ2) is 6.49. The molecule has 0 fully saturated rings. The molecular weight excluding hydrogens is 340 g/mol. The number of imidazole rings is 1. The number of H-pyrrole nitrogens is 1. The molecule has 0 saturated heterocycles. The van der Waals surface area contributed by atoms with Crippen LogP contribution in [0.1, 0.15) is 0 Å². The van der Waals surface area contributed by atoms with Gasteiger partial charge in [-0.25, -0.2) is 18.1 Å². The maximum Gasteiger partial charge on any atom is 0.240 e. The summed E-state index contributed by atoms with van der Waals surface area (Å²) in [6.45, 7) is 0.534. The third-order valence-electron chi connectivity index (χ3n) is 3.04. The van der Waals surface area contributed by atoms with E-state index in [0.29, 0.717) is 23.1 Å². The van der Waals surface area contributed by atoms with Gasteiger partial charge in [0.2, 0.25) is 10.0 Å². The van der Waals surface area contributed by atoms with E-state index in [1.807, 2.05) is 0 Å². The molecule has 2 N–H and O–H groups in total. The van der Waals surface area contributed by atoms with Crippen molar-refractivity contribution in [2.45, 2.75) is 11.4 Å². The fourth-order valence-electron chi connectivity index (χ4n) is 1.91. The monoisotopic (exact) mass is 352 g/mol. The molecule has 3 aromatic rings. The van der Waals surface area contributed by atoms with Gasteiger partial charge in [-0.1, -0.05) is 16.8 Å². The summed E-state index contributed by atoms with van der Waals surface area (Å²) in [7, 11) is -3.57. The van der Waals surface area contributed by atoms with Crippen LogP contribution in [0.2, 0.25) is 5.02 Å². The first-order chi connectivity index (χ1) is 11.0. The lowest BCUT2D eigenvalue weighted by atomic mass is 10.4. The van der Waals surface area contributed by atoms with Crippen LogP contribution < -0.4 is 4.72 Å². The Morgan fingerprint density at radius 1 is 1.26 bits per heavy atom. The normalized spacial score (nSPS) is 11.7. The maximum absolute atomic E-state index is 12.1. The van der Waals surface area contributed by atoms with Gasteiger partial charge < -0.3 is 4.98 Å². The Balaban J connectivity index is 1.60. The zero-order valence-corrected chi connectivity index (χ0v) is 13.4. The molecule has 0 radical (unpaired) electrons. The molecule has 0 spiro atoms. The second-order valence-corrected chi connectivity index (χ2v) is 6.86. The SMILES string of the molecule is O=S(=O)(NCCn1cc(-c2ncc[nH]2)nn1)c1ccc(Cl)cc1. The minimum Gasteiger partial charge on any atom is -0.343 e. The number of aromatic amines is 1. The van der Waals surface area contributed by atoms with Crippen LogP contribution in [0.4, 0.5) is 0 Å². The Morgan fingerprint density at radius 3 is 2.74 bits per heavy atom. The van der Waals surface area contributed by atoms with Gasteiger partial charge in [-0.3, -0.25) is 4.68 Å². The first-order valence-corrected chi connectivity index (χ1v) is 8.56. The van der Waals surface area contributed by atoms with Crippen LogP contribution >= 0.6 is 11.6 Å². The minimum absolute atomic E-state index is 0.164. The van der Waals surface area contributed by atoms with Crippen molar-refractivity contribution in [2.75, 3.05) is 6.54 Å². The molecule has 0 bridgehead atoms. The first kappa shape index (κ1) is 15.7. The van der Waals surface area contributed by atoms with Crippen molar-refractivity contribution in [1.29, 1.82) is 0 Å².